The highest BCUT2D eigenvalue weighted by Crippen LogP contribution is 2.11. The number of nitrogens with one attached hydrogen (secondary N) is 1. The Hall–Kier alpha value is -1.73. The van der Waals surface area contributed by atoms with Gasteiger partial charge in [-0.05, 0) is 13.0 Å². The summed E-state index contributed by atoms with van der Waals surface area (Å²) in [6.07, 6.45) is 1.73. The minimum Gasteiger partial charge on any atom is -0.288 e. The highest BCUT2D eigenvalue weighted by Gasteiger charge is 2.10. The lowest BCUT2D eigenvalue weighted by Gasteiger charge is -2.00. The van der Waals surface area contributed by atoms with Gasteiger partial charge < -0.3 is 0 Å². The topological polar surface area (TPSA) is 85.8 Å². The van der Waals surface area contributed by atoms with Gasteiger partial charge in [0.15, 0.2) is 5.01 Å². The summed E-state index contributed by atoms with van der Waals surface area (Å²) < 4.78 is 1.82. The Kier molecular flexibility index (Phi) is 2.97. The van der Waals surface area contributed by atoms with Crippen LogP contribution < -0.4 is 11.3 Å². The molecule has 2 heterocycles. The summed E-state index contributed by atoms with van der Waals surface area (Å²) in [4.78, 5) is 15.3. The average Bonchev–Trinajstić information content (AvgIpc) is 2.89. The van der Waals surface area contributed by atoms with Gasteiger partial charge in [0, 0.05) is 17.3 Å². The first-order valence-electron chi connectivity index (χ1n) is 4.64. The minimum atomic E-state index is -0.367. The number of nitrogen functional groups attached to an aromatic ring is 1. The van der Waals surface area contributed by atoms with Crippen molar-refractivity contribution < 1.29 is 4.79 Å². The van der Waals surface area contributed by atoms with Crippen molar-refractivity contribution in [2.75, 3.05) is 0 Å². The van der Waals surface area contributed by atoms with Crippen LogP contribution in [0.1, 0.15) is 21.2 Å². The van der Waals surface area contributed by atoms with Crippen LogP contribution >= 0.6 is 11.3 Å². The molecule has 0 aliphatic carbocycles. The van der Waals surface area contributed by atoms with Crippen LogP contribution in [0.3, 0.4) is 0 Å². The molecule has 0 unspecified atom stereocenters. The number of amides is 1. The van der Waals surface area contributed by atoms with E-state index >= 15 is 0 Å². The zero-order valence-corrected chi connectivity index (χ0v) is 9.49. The standard InChI is InChI=1S/C9H11N5OS/c1-6-2-3-11-14(6)4-7-5-16-9(12-7)8(15)13-10/h2-3,5H,4,10H2,1H3,(H,13,15). The fraction of sp³-hybridized carbons (Fsp3) is 0.222. The third-order valence-corrected chi connectivity index (χ3v) is 3.01. The summed E-state index contributed by atoms with van der Waals surface area (Å²) in [5.74, 6) is 4.66. The van der Waals surface area contributed by atoms with Gasteiger partial charge in [-0.1, -0.05) is 0 Å². The number of aryl methyl sites for hydroxylation is 1. The van der Waals surface area contributed by atoms with Gasteiger partial charge in [0.05, 0.1) is 12.2 Å². The van der Waals surface area contributed by atoms with Gasteiger partial charge in [-0.2, -0.15) is 5.10 Å². The summed E-state index contributed by atoms with van der Waals surface area (Å²) in [6, 6.07) is 1.92. The van der Waals surface area contributed by atoms with Crippen LogP contribution in [-0.4, -0.2) is 20.7 Å². The first kappa shape index (κ1) is 10.8. The van der Waals surface area contributed by atoms with E-state index < -0.39 is 0 Å². The molecule has 0 spiro atoms. The average molecular weight is 237 g/mol. The number of carbonyl (C=O) groups excluding carboxylic acids is 1. The molecule has 0 bridgehead atoms. The zero-order chi connectivity index (χ0) is 11.5. The van der Waals surface area contributed by atoms with Crippen molar-refractivity contribution in [1.29, 1.82) is 0 Å². The second kappa shape index (κ2) is 4.42. The van der Waals surface area contributed by atoms with Crippen molar-refractivity contribution in [1.82, 2.24) is 20.2 Å². The molecule has 2 aromatic rings. The Labute approximate surface area is 96.1 Å². The predicted molar refractivity (Wildman–Crippen MR) is 59.8 cm³/mol. The molecule has 0 saturated carbocycles. The van der Waals surface area contributed by atoms with Crippen LogP contribution in [0.4, 0.5) is 0 Å². The van der Waals surface area contributed by atoms with Crippen molar-refractivity contribution >= 4 is 17.2 Å². The number of hydrogen-bond acceptors (Lipinski definition) is 5. The van der Waals surface area contributed by atoms with E-state index in [0.717, 1.165) is 11.4 Å². The van der Waals surface area contributed by atoms with Gasteiger partial charge in [-0.25, -0.2) is 10.8 Å². The second-order valence-corrected chi connectivity index (χ2v) is 4.11. The Bertz CT molecular complexity index is 503. The molecular weight excluding hydrogens is 226 g/mol. The summed E-state index contributed by atoms with van der Waals surface area (Å²) in [5.41, 5.74) is 3.91. The van der Waals surface area contributed by atoms with E-state index in [1.54, 1.807) is 6.20 Å². The molecule has 0 aromatic carbocycles. The second-order valence-electron chi connectivity index (χ2n) is 3.25. The van der Waals surface area contributed by atoms with E-state index in [4.69, 9.17) is 5.84 Å². The van der Waals surface area contributed by atoms with Crippen molar-refractivity contribution in [2.45, 2.75) is 13.5 Å². The largest absolute Gasteiger partial charge is 0.294 e. The predicted octanol–water partition coefficient (Wildman–Crippen LogP) is 0.300. The maximum atomic E-state index is 11.2. The Morgan fingerprint density at radius 3 is 3.12 bits per heavy atom. The van der Waals surface area contributed by atoms with Crippen molar-refractivity contribution in [3.63, 3.8) is 0 Å². The lowest BCUT2D eigenvalue weighted by Crippen LogP contribution is -2.29. The van der Waals surface area contributed by atoms with Crippen LogP contribution in [0.5, 0.6) is 0 Å². The third-order valence-electron chi connectivity index (χ3n) is 2.12. The Morgan fingerprint density at radius 2 is 2.50 bits per heavy atom. The number of aromatic nitrogens is 3. The maximum absolute atomic E-state index is 11.2. The van der Waals surface area contributed by atoms with Crippen LogP contribution in [-0.2, 0) is 6.54 Å². The number of nitrogens with two attached hydrogens (primary N) is 1. The van der Waals surface area contributed by atoms with E-state index in [9.17, 15) is 4.79 Å². The quantitative estimate of drug-likeness (QED) is 0.456. The van der Waals surface area contributed by atoms with Crippen LogP contribution in [0.25, 0.3) is 0 Å². The van der Waals surface area contributed by atoms with E-state index in [-0.39, 0.29) is 5.91 Å². The van der Waals surface area contributed by atoms with Crippen LogP contribution in [0, 0.1) is 6.92 Å². The highest BCUT2D eigenvalue weighted by molar-refractivity contribution is 7.11. The van der Waals surface area contributed by atoms with E-state index in [2.05, 4.69) is 15.5 Å². The fourth-order valence-corrected chi connectivity index (χ4v) is 1.97. The first-order chi connectivity index (χ1) is 7.70. The first-order valence-corrected chi connectivity index (χ1v) is 5.52. The van der Waals surface area contributed by atoms with Crippen molar-refractivity contribution in [3.8, 4) is 0 Å². The van der Waals surface area contributed by atoms with E-state index in [0.29, 0.717) is 11.6 Å². The molecule has 0 atom stereocenters. The molecule has 0 fully saturated rings. The molecule has 0 aliphatic heterocycles. The zero-order valence-electron chi connectivity index (χ0n) is 8.67. The number of carbonyl (C=O) groups is 1. The lowest BCUT2D eigenvalue weighted by molar-refractivity contribution is 0.0953. The molecule has 84 valence electrons. The number of hydrazine groups is 1. The van der Waals surface area contributed by atoms with Gasteiger partial charge >= 0.3 is 0 Å². The summed E-state index contributed by atoms with van der Waals surface area (Å²) in [7, 11) is 0. The molecular formula is C9H11N5OS. The molecule has 7 heteroatoms. The SMILES string of the molecule is Cc1ccnn1Cc1csc(C(=O)NN)n1. The van der Waals surface area contributed by atoms with E-state index in [1.807, 2.05) is 23.1 Å². The molecule has 16 heavy (non-hydrogen) atoms. The normalized spacial score (nSPS) is 10.4. The molecule has 2 aromatic heterocycles. The fourth-order valence-electron chi connectivity index (χ4n) is 1.26. The molecule has 3 N–H and O–H groups in total. The third kappa shape index (κ3) is 2.10. The van der Waals surface area contributed by atoms with Gasteiger partial charge in [-0.15, -0.1) is 11.3 Å². The summed E-state index contributed by atoms with van der Waals surface area (Å²) >= 11 is 1.27. The number of hydrogen-bond donors (Lipinski definition) is 2. The maximum Gasteiger partial charge on any atom is 0.294 e. The number of rotatable bonds is 3. The number of nitrogens with zero attached hydrogens (tertiary/aromatic N) is 3. The van der Waals surface area contributed by atoms with Crippen molar-refractivity contribution in [2.24, 2.45) is 5.84 Å². The van der Waals surface area contributed by atoms with Gasteiger partial charge in [0.1, 0.15) is 0 Å². The molecule has 1 amide bonds. The number of thiazole rings is 1. The summed E-state index contributed by atoms with van der Waals surface area (Å²) in [6.45, 7) is 2.53. The minimum absolute atomic E-state index is 0.363. The molecule has 6 nitrogen and oxygen atoms in total. The Morgan fingerprint density at radius 1 is 1.69 bits per heavy atom. The van der Waals surface area contributed by atoms with Crippen LogP contribution in [0.15, 0.2) is 17.6 Å². The highest BCUT2D eigenvalue weighted by atomic mass is 32.1. The van der Waals surface area contributed by atoms with Gasteiger partial charge in [-0.3, -0.25) is 14.9 Å². The molecule has 0 radical (unpaired) electrons. The molecule has 0 aliphatic rings. The van der Waals surface area contributed by atoms with E-state index in [1.165, 1.54) is 11.3 Å². The molecule has 2 rings (SSSR count). The monoisotopic (exact) mass is 237 g/mol. The Balaban J connectivity index is 2.14. The molecule has 0 saturated heterocycles. The van der Waals surface area contributed by atoms with Crippen LogP contribution in [0.2, 0.25) is 0 Å². The smallest absolute Gasteiger partial charge is 0.288 e. The van der Waals surface area contributed by atoms with Crippen molar-refractivity contribution in [3.05, 3.63) is 34.0 Å². The van der Waals surface area contributed by atoms with Gasteiger partial charge in [0.2, 0.25) is 0 Å². The summed E-state index contributed by atoms with van der Waals surface area (Å²) in [5, 5.41) is 6.33. The van der Waals surface area contributed by atoms with Gasteiger partial charge in [0.25, 0.3) is 5.91 Å². The lowest BCUT2D eigenvalue weighted by atomic mass is 10.4.